The highest BCUT2D eigenvalue weighted by Gasteiger charge is 2.35. The Hall–Kier alpha value is -1.31. The van der Waals surface area contributed by atoms with Crippen molar-refractivity contribution in [3.05, 3.63) is 23.8 Å². The maximum Gasteiger partial charge on any atom is 0.217 e. The van der Waals surface area contributed by atoms with Crippen LogP contribution in [0.4, 0.5) is 0 Å². The SMILES string of the molecule is COc1ccc(OC)c(CNS(=O)(=O)[C@H]2CCO[C@H]2C)c1. The van der Waals surface area contributed by atoms with Crippen molar-refractivity contribution in [1.82, 2.24) is 4.72 Å². The Morgan fingerprint density at radius 1 is 1.33 bits per heavy atom. The summed E-state index contributed by atoms with van der Waals surface area (Å²) in [6.07, 6.45) is 0.237. The first-order valence-corrected chi connectivity index (χ1v) is 8.33. The van der Waals surface area contributed by atoms with Gasteiger partial charge in [0.2, 0.25) is 10.0 Å². The van der Waals surface area contributed by atoms with Gasteiger partial charge < -0.3 is 14.2 Å². The van der Waals surface area contributed by atoms with E-state index in [-0.39, 0.29) is 12.6 Å². The highest BCUT2D eigenvalue weighted by molar-refractivity contribution is 7.90. The summed E-state index contributed by atoms with van der Waals surface area (Å²) in [6.45, 7) is 2.42. The third kappa shape index (κ3) is 3.66. The standard InChI is InChI=1S/C14H21NO5S/c1-10-14(6-7-20-10)21(16,17)15-9-11-8-12(18-2)4-5-13(11)19-3/h4-5,8,10,14-15H,6-7,9H2,1-3H3/t10-,14-/m0/s1. The van der Waals surface area contributed by atoms with E-state index < -0.39 is 15.3 Å². The van der Waals surface area contributed by atoms with Crippen molar-refractivity contribution in [3.63, 3.8) is 0 Å². The molecule has 0 bridgehead atoms. The van der Waals surface area contributed by atoms with Crippen molar-refractivity contribution in [3.8, 4) is 11.5 Å². The van der Waals surface area contributed by atoms with Crippen LogP contribution < -0.4 is 14.2 Å². The zero-order chi connectivity index (χ0) is 15.5. The molecule has 1 saturated heterocycles. The van der Waals surface area contributed by atoms with Crippen molar-refractivity contribution in [2.75, 3.05) is 20.8 Å². The van der Waals surface area contributed by atoms with Crippen LogP contribution in [-0.4, -0.2) is 40.6 Å². The molecule has 1 fully saturated rings. The van der Waals surface area contributed by atoms with Gasteiger partial charge in [0, 0.05) is 18.7 Å². The van der Waals surface area contributed by atoms with Crippen LogP contribution in [0.2, 0.25) is 0 Å². The molecule has 1 aliphatic heterocycles. The molecule has 1 heterocycles. The summed E-state index contributed by atoms with van der Waals surface area (Å²) in [4.78, 5) is 0. The maximum absolute atomic E-state index is 12.3. The Kier molecular flexibility index (Phi) is 5.08. The summed E-state index contributed by atoms with van der Waals surface area (Å²) >= 11 is 0. The minimum atomic E-state index is -3.42. The van der Waals surface area contributed by atoms with E-state index in [0.717, 1.165) is 5.56 Å². The summed E-state index contributed by atoms with van der Waals surface area (Å²) in [5.74, 6) is 1.27. The van der Waals surface area contributed by atoms with E-state index in [4.69, 9.17) is 14.2 Å². The predicted octanol–water partition coefficient (Wildman–Crippen LogP) is 1.30. The molecule has 21 heavy (non-hydrogen) atoms. The molecule has 2 rings (SSSR count). The molecule has 1 N–H and O–H groups in total. The fraction of sp³-hybridized carbons (Fsp3) is 0.571. The minimum Gasteiger partial charge on any atom is -0.497 e. The number of nitrogens with one attached hydrogen (secondary N) is 1. The molecular weight excluding hydrogens is 294 g/mol. The average molecular weight is 315 g/mol. The van der Waals surface area contributed by atoms with Gasteiger partial charge in [-0.2, -0.15) is 0 Å². The number of methoxy groups -OCH3 is 2. The van der Waals surface area contributed by atoms with Gasteiger partial charge in [0.25, 0.3) is 0 Å². The van der Waals surface area contributed by atoms with Crippen molar-refractivity contribution in [2.24, 2.45) is 0 Å². The second-order valence-electron chi connectivity index (χ2n) is 4.95. The summed E-state index contributed by atoms with van der Waals surface area (Å²) < 4.78 is 43.0. The second kappa shape index (κ2) is 6.64. The second-order valence-corrected chi connectivity index (χ2v) is 6.93. The summed E-state index contributed by atoms with van der Waals surface area (Å²) in [5, 5.41) is -0.505. The number of benzene rings is 1. The van der Waals surface area contributed by atoms with Crippen LogP contribution in [0.25, 0.3) is 0 Å². The van der Waals surface area contributed by atoms with Crippen LogP contribution in [-0.2, 0) is 21.3 Å². The smallest absolute Gasteiger partial charge is 0.217 e. The molecule has 1 aromatic rings. The van der Waals surface area contributed by atoms with Crippen molar-refractivity contribution < 1.29 is 22.6 Å². The number of rotatable bonds is 6. The first kappa shape index (κ1) is 16.1. The van der Waals surface area contributed by atoms with Gasteiger partial charge in [0.1, 0.15) is 16.7 Å². The van der Waals surface area contributed by atoms with E-state index in [1.807, 2.05) is 0 Å². The molecule has 6 nitrogen and oxygen atoms in total. The molecule has 0 unspecified atom stereocenters. The Labute approximate surface area is 125 Å². The molecule has 0 spiro atoms. The van der Waals surface area contributed by atoms with Gasteiger partial charge in [-0.3, -0.25) is 0 Å². The quantitative estimate of drug-likeness (QED) is 0.856. The molecule has 2 atom stereocenters. The van der Waals surface area contributed by atoms with E-state index in [1.54, 1.807) is 39.3 Å². The molecule has 1 aliphatic rings. The molecule has 0 radical (unpaired) electrons. The normalized spacial score (nSPS) is 22.2. The van der Waals surface area contributed by atoms with Gasteiger partial charge >= 0.3 is 0 Å². The Bertz CT molecular complexity index is 587. The van der Waals surface area contributed by atoms with Crippen LogP contribution in [0.3, 0.4) is 0 Å². The number of ether oxygens (including phenoxy) is 3. The van der Waals surface area contributed by atoms with Gasteiger partial charge in [-0.05, 0) is 31.5 Å². The Morgan fingerprint density at radius 2 is 2.10 bits per heavy atom. The molecule has 0 aromatic heterocycles. The van der Waals surface area contributed by atoms with Crippen LogP contribution >= 0.6 is 0 Å². The molecule has 118 valence electrons. The van der Waals surface area contributed by atoms with Crippen LogP contribution in [0.15, 0.2) is 18.2 Å². The zero-order valence-electron chi connectivity index (χ0n) is 12.5. The van der Waals surface area contributed by atoms with Gasteiger partial charge in [-0.1, -0.05) is 0 Å². The van der Waals surface area contributed by atoms with E-state index in [0.29, 0.717) is 24.5 Å². The average Bonchev–Trinajstić information content (AvgIpc) is 2.92. The topological polar surface area (TPSA) is 73.9 Å². The first-order chi connectivity index (χ1) is 9.97. The summed E-state index contributed by atoms with van der Waals surface area (Å²) in [7, 11) is -0.312. The van der Waals surface area contributed by atoms with Crippen molar-refractivity contribution >= 4 is 10.0 Å². The molecule has 1 aromatic carbocycles. The third-order valence-corrected chi connectivity index (χ3v) is 5.62. The molecule has 0 saturated carbocycles. The fourth-order valence-corrected chi connectivity index (χ4v) is 3.99. The minimum absolute atomic E-state index is 0.159. The summed E-state index contributed by atoms with van der Waals surface area (Å²) in [6, 6.07) is 5.28. The molecule has 0 aliphatic carbocycles. The lowest BCUT2D eigenvalue weighted by Crippen LogP contribution is -2.37. The van der Waals surface area contributed by atoms with Crippen LogP contribution in [0, 0.1) is 0 Å². The zero-order valence-corrected chi connectivity index (χ0v) is 13.3. The van der Waals surface area contributed by atoms with E-state index in [9.17, 15) is 8.42 Å². The van der Waals surface area contributed by atoms with Crippen molar-refractivity contribution in [1.29, 1.82) is 0 Å². The fourth-order valence-electron chi connectivity index (χ4n) is 2.43. The van der Waals surface area contributed by atoms with Crippen molar-refractivity contribution in [2.45, 2.75) is 31.2 Å². The molecular formula is C14H21NO5S. The van der Waals surface area contributed by atoms with Gasteiger partial charge in [0.15, 0.2) is 0 Å². The lowest BCUT2D eigenvalue weighted by molar-refractivity contribution is 0.126. The lowest BCUT2D eigenvalue weighted by atomic mass is 10.2. The van der Waals surface area contributed by atoms with Crippen LogP contribution in [0.5, 0.6) is 11.5 Å². The highest BCUT2D eigenvalue weighted by atomic mass is 32.2. The Morgan fingerprint density at radius 3 is 2.67 bits per heavy atom. The summed E-state index contributed by atoms with van der Waals surface area (Å²) in [5.41, 5.74) is 0.729. The van der Waals surface area contributed by atoms with Gasteiger partial charge in [-0.25, -0.2) is 13.1 Å². The monoisotopic (exact) mass is 315 g/mol. The molecule has 7 heteroatoms. The number of hydrogen-bond acceptors (Lipinski definition) is 5. The Balaban J connectivity index is 2.11. The van der Waals surface area contributed by atoms with Crippen LogP contribution in [0.1, 0.15) is 18.9 Å². The third-order valence-electron chi connectivity index (χ3n) is 3.66. The van der Waals surface area contributed by atoms with E-state index in [2.05, 4.69) is 4.72 Å². The van der Waals surface area contributed by atoms with E-state index >= 15 is 0 Å². The highest BCUT2D eigenvalue weighted by Crippen LogP contribution is 2.25. The lowest BCUT2D eigenvalue weighted by Gasteiger charge is -2.17. The maximum atomic E-state index is 12.3. The first-order valence-electron chi connectivity index (χ1n) is 6.79. The van der Waals surface area contributed by atoms with E-state index in [1.165, 1.54) is 0 Å². The number of sulfonamides is 1. The largest absolute Gasteiger partial charge is 0.497 e. The predicted molar refractivity (Wildman–Crippen MR) is 79.1 cm³/mol. The molecule has 0 amide bonds. The van der Waals surface area contributed by atoms with Gasteiger partial charge in [-0.15, -0.1) is 0 Å². The van der Waals surface area contributed by atoms with Gasteiger partial charge in [0.05, 0.1) is 20.3 Å². The number of hydrogen-bond donors (Lipinski definition) is 1.